The van der Waals surface area contributed by atoms with Gasteiger partial charge in [0.1, 0.15) is 23.9 Å². The lowest BCUT2D eigenvalue weighted by atomic mass is 10.0. The maximum Gasteiger partial charge on any atom is 0.344 e. The van der Waals surface area contributed by atoms with E-state index in [1.807, 2.05) is 19.1 Å². The molecule has 6 heteroatoms. The van der Waals surface area contributed by atoms with Gasteiger partial charge in [-0.1, -0.05) is 25.5 Å². The Labute approximate surface area is 165 Å². The quantitative estimate of drug-likeness (QED) is 0.490. The fraction of sp³-hybridized carbons (Fsp3) is 0.364. The number of hydrogen-bond donors (Lipinski definition) is 1. The number of ketones is 1. The van der Waals surface area contributed by atoms with Crippen LogP contribution in [0.3, 0.4) is 0 Å². The van der Waals surface area contributed by atoms with E-state index in [0.717, 1.165) is 12.0 Å². The molecule has 0 spiro atoms. The third-order valence-corrected chi connectivity index (χ3v) is 4.10. The van der Waals surface area contributed by atoms with Crippen LogP contribution in [0, 0.1) is 0 Å². The molecule has 0 radical (unpaired) electrons. The van der Waals surface area contributed by atoms with Gasteiger partial charge in [-0.3, -0.25) is 4.79 Å². The van der Waals surface area contributed by atoms with Crippen molar-refractivity contribution in [2.75, 3.05) is 13.2 Å². The number of phenols is 1. The highest BCUT2D eigenvalue weighted by molar-refractivity contribution is 5.97. The van der Waals surface area contributed by atoms with Crippen LogP contribution in [0.2, 0.25) is 0 Å². The van der Waals surface area contributed by atoms with Crippen molar-refractivity contribution < 1.29 is 28.9 Å². The smallest absolute Gasteiger partial charge is 0.344 e. The fourth-order valence-corrected chi connectivity index (χ4v) is 2.72. The average molecular weight is 386 g/mol. The molecule has 0 bridgehead atoms. The van der Waals surface area contributed by atoms with Crippen molar-refractivity contribution in [3.63, 3.8) is 0 Å². The highest BCUT2D eigenvalue weighted by Crippen LogP contribution is 2.33. The van der Waals surface area contributed by atoms with Crippen LogP contribution in [0.5, 0.6) is 17.2 Å². The molecular formula is C22H26O6. The lowest BCUT2D eigenvalue weighted by Gasteiger charge is -2.15. The zero-order valence-electron chi connectivity index (χ0n) is 16.5. The molecule has 0 atom stereocenters. The summed E-state index contributed by atoms with van der Waals surface area (Å²) in [6.45, 7) is 5.66. The normalized spacial score (nSPS) is 10.4. The Hall–Kier alpha value is -3.02. The van der Waals surface area contributed by atoms with E-state index in [1.54, 1.807) is 31.2 Å². The number of hydrogen-bond acceptors (Lipinski definition) is 6. The summed E-state index contributed by atoms with van der Waals surface area (Å²) in [6, 6.07) is 10.5. The summed E-state index contributed by atoms with van der Waals surface area (Å²) in [4.78, 5) is 22.9. The molecule has 0 unspecified atom stereocenters. The molecule has 2 rings (SSSR count). The fourth-order valence-electron chi connectivity index (χ4n) is 2.72. The molecule has 28 heavy (non-hydrogen) atoms. The largest absolute Gasteiger partial charge is 0.507 e. The first kappa shape index (κ1) is 21.3. The molecule has 0 amide bonds. The van der Waals surface area contributed by atoms with E-state index in [1.165, 1.54) is 6.92 Å². The van der Waals surface area contributed by atoms with E-state index in [2.05, 4.69) is 0 Å². The summed E-state index contributed by atoms with van der Waals surface area (Å²) < 4.78 is 16.0. The third kappa shape index (κ3) is 5.74. The van der Waals surface area contributed by atoms with Crippen LogP contribution < -0.4 is 9.47 Å². The van der Waals surface area contributed by atoms with Crippen molar-refractivity contribution in [1.82, 2.24) is 0 Å². The van der Waals surface area contributed by atoms with Crippen LogP contribution in [0.4, 0.5) is 0 Å². The molecule has 0 saturated carbocycles. The molecule has 150 valence electrons. The second kappa shape index (κ2) is 10.3. The van der Waals surface area contributed by atoms with E-state index in [4.69, 9.17) is 14.2 Å². The van der Waals surface area contributed by atoms with Crippen LogP contribution in [0.1, 0.15) is 48.7 Å². The monoisotopic (exact) mass is 386 g/mol. The lowest BCUT2D eigenvalue weighted by molar-refractivity contribution is -0.145. The third-order valence-electron chi connectivity index (χ3n) is 4.10. The van der Waals surface area contributed by atoms with E-state index in [9.17, 15) is 14.7 Å². The van der Waals surface area contributed by atoms with Gasteiger partial charge in [0, 0.05) is 5.56 Å². The average Bonchev–Trinajstić information content (AvgIpc) is 2.67. The summed E-state index contributed by atoms with van der Waals surface area (Å²) in [5, 5.41) is 10.4. The Morgan fingerprint density at radius 2 is 1.71 bits per heavy atom. The molecule has 0 aromatic heterocycles. The predicted molar refractivity (Wildman–Crippen MR) is 105 cm³/mol. The zero-order valence-corrected chi connectivity index (χ0v) is 16.5. The van der Waals surface area contributed by atoms with Crippen molar-refractivity contribution in [1.29, 1.82) is 0 Å². The SMILES string of the molecule is CCCc1c(OCc2ccc(OCC(=O)OCC)cc2)ccc(C(C)=O)c1O. The number of ether oxygens (including phenoxy) is 3. The number of esters is 1. The van der Waals surface area contributed by atoms with Gasteiger partial charge in [-0.2, -0.15) is 0 Å². The molecule has 6 nitrogen and oxygen atoms in total. The molecule has 0 fully saturated rings. The molecule has 0 aliphatic heterocycles. The van der Waals surface area contributed by atoms with Crippen molar-refractivity contribution in [2.24, 2.45) is 0 Å². The Bertz CT molecular complexity index is 811. The first-order valence-corrected chi connectivity index (χ1v) is 9.32. The Morgan fingerprint density at radius 3 is 2.32 bits per heavy atom. The van der Waals surface area contributed by atoms with Crippen LogP contribution >= 0.6 is 0 Å². The van der Waals surface area contributed by atoms with Gasteiger partial charge in [0.15, 0.2) is 12.4 Å². The molecule has 0 aliphatic rings. The lowest BCUT2D eigenvalue weighted by Crippen LogP contribution is -2.14. The van der Waals surface area contributed by atoms with Crippen LogP contribution in [0.25, 0.3) is 0 Å². The van der Waals surface area contributed by atoms with Crippen LogP contribution in [-0.4, -0.2) is 30.1 Å². The first-order chi connectivity index (χ1) is 13.5. The molecule has 2 aromatic carbocycles. The number of aromatic hydroxyl groups is 1. The van der Waals surface area contributed by atoms with Gasteiger partial charge in [-0.15, -0.1) is 0 Å². The van der Waals surface area contributed by atoms with Crippen molar-refractivity contribution >= 4 is 11.8 Å². The van der Waals surface area contributed by atoms with E-state index < -0.39 is 5.97 Å². The van der Waals surface area contributed by atoms with Gasteiger partial charge in [-0.05, 0) is 50.1 Å². The van der Waals surface area contributed by atoms with Crippen molar-refractivity contribution in [3.05, 3.63) is 53.1 Å². The molecule has 1 N–H and O–H groups in total. The number of benzene rings is 2. The molecule has 0 aliphatic carbocycles. The minimum Gasteiger partial charge on any atom is -0.507 e. The highest BCUT2D eigenvalue weighted by Gasteiger charge is 2.16. The maximum atomic E-state index is 11.6. The summed E-state index contributed by atoms with van der Waals surface area (Å²) in [7, 11) is 0. The molecule has 2 aromatic rings. The molecular weight excluding hydrogens is 360 g/mol. The number of Topliss-reactive ketones (excluding diaryl/α,β-unsaturated/α-hetero) is 1. The van der Waals surface area contributed by atoms with E-state index in [-0.39, 0.29) is 18.1 Å². The second-order valence-electron chi connectivity index (χ2n) is 6.27. The van der Waals surface area contributed by atoms with Gasteiger partial charge < -0.3 is 19.3 Å². The van der Waals surface area contributed by atoms with Gasteiger partial charge in [-0.25, -0.2) is 4.79 Å². The van der Waals surface area contributed by atoms with E-state index >= 15 is 0 Å². The van der Waals surface area contributed by atoms with Gasteiger partial charge in [0.25, 0.3) is 0 Å². The van der Waals surface area contributed by atoms with E-state index in [0.29, 0.717) is 42.3 Å². The summed E-state index contributed by atoms with van der Waals surface area (Å²) >= 11 is 0. The summed E-state index contributed by atoms with van der Waals surface area (Å²) in [5.41, 5.74) is 1.85. The Balaban J connectivity index is 2.02. The topological polar surface area (TPSA) is 82.1 Å². The second-order valence-corrected chi connectivity index (χ2v) is 6.27. The molecule has 0 heterocycles. The van der Waals surface area contributed by atoms with Crippen molar-refractivity contribution in [2.45, 2.75) is 40.2 Å². The highest BCUT2D eigenvalue weighted by atomic mass is 16.6. The van der Waals surface area contributed by atoms with Crippen LogP contribution in [-0.2, 0) is 22.6 Å². The summed E-state index contributed by atoms with van der Waals surface area (Å²) in [5.74, 6) is 0.528. The van der Waals surface area contributed by atoms with Gasteiger partial charge in [0.2, 0.25) is 0 Å². The Morgan fingerprint density at radius 1 is 1.00 bits per heavy atom. The van der Waals surface area contributed by atoms with Crippen molar-refractivity contribution in [3.8, 4) is 17.2 Å². The van der Waals surface area contributed by atoms with Crippen LogP contribution in [0.15, 0.2) is 36.4 Å². The van der Waals surface area contributed by atoms with Gasteiger partial charge in [0.05, 0.1) is 12.2 Å². The number of phenolic OH excluding ortho intramolecular Hbond substituents is 1. The minimum atomic E-state index is -0.410. The van der Waals surface area contributed by atoms with Gasteiger partial charge >= 0.3 is 5.97 Å². The summed E-state index contributed by atoms with van der Waals surface area (Å²) in [6.07, 6.45) is 1.43. The zero-order chi connectivity index (χ0) is 20.5. The minimum absolute atomic E-state index is 0.00503. The first-order valence-electron chi connectivity index (χ1n) is 9.32. The number of carbonyl (C=O) groups is 2. The molecule has 0 saturated heterocycles. The number of rotatable bonds is 10. The number of carbonyl (C=O) groups excluding carboxylic acids is 2. The standard InChI is InChI=1S/C22H26O6/c1-4-6-19-20(12-11-18(15(3)23)22(19)25)28-13-16-7-9-17(10-8-16)27-14-21(24)26-5-2/h7-12,25H,4-6,13-14H2,1-3H3. The Kier molecular flexibility index (Phi) is 7.87. The maximum absolute atomic E-state index is 11.6. The predicted octanol–water partition coefficient (Wildman–Crippen LogP) is 4.07.